The smallest absolute Gasteiger partial charge is 0.251 e. The van der Waals surface area contributed by atoms with E-state index in [1.54, 1.807) is 25.3 Å². The number of likely N-dealkylation sites (tertiary alicyclic amines) is 1. The van der Waals surface area contributed by atoms with Crippen LogP contribution in [0.1, 0.15) is 30.6 Å². The number of halogens is 1. The highest BCUT2D eigenvalue weighted by Crippen LogP contribution is 2.21. The largest absolute Gasteiger partial charge is 0.497 e. The van der Waals surface area contributed by atoms with Gasteiger partial charge in [0.2, 0.25) is 0 Å². The second-order valence-electron chi connectivity index (χ2n) is 5.83. The number of hydrogen-bond acceptors (Lipinski definition) is 3. The number of carbonyl (C=O) groups excluding carboxylic acids is 1. The Bertz CT molecular complexity index is 505. The van der Waals surface area contributed by atoms with Crippen LogP contribution in [0, 0.1) is 5.92 Å². The van der Waals surface area contributed by atoms with Gasteiger partial charge in [0, 0.05) is 29.7 Å². The Morgan fingerprint density at radius 2 is 2.24 bits per heavy atom. The third kappa shape index (κ3) is 4.35. The molecule has 1 aliphatic rings. The van der Waals surface area contributed by atoms with E-state index in [1.165, 1.54) is 0 Å². The zero-order valence-electron chi connectivity index (χ0n) is 12.9. The highest BCUT2D eigenvalue weighted by Gasteiger charge is 2.24. The summed E-state index contributed by atoms with van der Waals surface area (Å²) in [5.41, 5.74) is 0.540. The summed E-state index contributed by atoms with van der Waals surface area (Å²) in [4.78, 5) is 14.6. The minimum absolute atomic E-state index is 0.0983. The number of nitrogens with one attached hydrogen (secondary N) is 1. The van der Waals surface area contributed by atoms with E-state index in [-0.39, 0.29) is 5.91 Å². The summed E-state index contributed by atoms with van der Waals surface area (Å²) in [5.74, 6) is 1.02. The van der Waals surface area contributed by atoms with Crippen LogP contribution in [0.3, 0.4) is 0 Å². The summed E-state index contributed by atoms with van der Waals surface area (Å²) >= 11 is 5.99. The normalized spacial score (nSPS) is 19.0. The molecule has 116 valence electrons. The number of nitrogens with zero attached hydrogens (tertiary/aromatic N) is 1. The molecule has 1 amide bonds. The van der Waals surface area contributed by atoms with Crippen LogP contribution in [-0.4, -0.2) is 43.6 Å². The van der Waals surface area contributed by atoms with E-state index in [2.05, 4.69) is 24.1 Å². The molecule has 1 aliphatic heterocycles. The molecule has 1 aromatic rings. The highest BCUT2D eigenvalue weighted by atomic mass is 35.5. The molecule has 0 bridgehead atoms. The average molecular weight is 311 g/mol. The van der Waals surface area contributed by atoms with Gasteiger partial charge in [0.15, 0.2) is 0 Å². The molecular weight excluding hydrogens is 288 g/mol. The lowest BCUT2D eigenvalue weighted by Gasteiger charge is -2.20. The van der Waals surface area contributed by atoms with Crippen LogP contribution < -0.4 is 10.1 Å². The van der Waals surface area contributed by atoms with Crippen LogP contribution in [0.4, 0.5) is 0 Å². The van der Waals surface area contributed by atoms with Gasteiger partial charge in [-0.1, -0.05) is 11.6 Å². The molecule has 5 heteroatoms. The Labute approximate surface area is 131 Å². The van der Waals surface area contributed by atoms with Gasteiger partial charge < -0.3 is 15.0 Å². The maximum atomic E-state index is 12.2. The van der Waals surface area contributed by atoms with Gasteiger partial charge in [-0.15, -0.1) is 0 Å². The van der Waals surface area contributed by atoms with Crippen molar-refractivity contribution in [2.75, 3.05) is 26.7 Å². The van der Waals surface area contributed by atoms with Gasteiger partial charge in [0.1, 0.15) is 5.75 Å². The maximum Gasteiger partial charge on any atom is 0.251 e. The number of amides is 1. The van der Waals surface area contributed by atoms with Crippen molar-refractivity contribution in [2.24, 2.45) is 5.92 Å². The summed E-state index contributed by atoms with van der Waals surface area (Å²) in [6.45, 7) is 7.29. The molecule has 1 N–H and O–H groups in total. The van der Waals surface area contributed by atoms with Crippen molar-refractivity contribution in [1.82, 2.24) is 10.2 Å². The molecule has 0 unspecified atom stereocenters. The summed E-state index contributed by atoms with van der Waals surface area (Å²) < 4.78 is 5.13. The quantitative estimate of drug-likeness (QED) is 0.909. The zero-order valence-corrected chi connectivity index (χ0v) is 13.6. The van der Waals surface area contributed by atoms with E-state index >= 15 is 0 Å². The Hall–Kier alpha value is -1.26. The molecule has 0 aromatic heterocycles. The van der Waals surface area contributed by atoms with Gasteiger partial charge in [0.05, 0.1) is 7.11 Å². The van der Waals surface area contributed by atoms with Crippen molar-refractivity contribution in [2.45, 2.75) is 26.3 Å². The Morgan fingerprint density at radius 1 is 1.48 bits per heavy atom. The minimum Gasteiger partial charge on any atom is -0.497 e. The standard InChI is InChI=1S/C16H23ClN2O2/c1-11(2)19-5-4-12(10-19)9-18-16(20)13-6-14(17)8-15(7-13)21-3/h6-8,11-12H,4-5,9-10H2,1-3H3,(H,18,20)/t12-/m0/s1. The van der Waals surface area contributed by atoms with Gasteiger partial charge in [-0.2, -0.15) is 0 Å². The lowest BCUT2D eigenvalue weighted by molar-refractivity contribution is 0.0947. The van der Waals surface area contributed by atoms with Crippen molar-refractivity contribution < 1.29 is 9.53 Å². The maximum absolute atomic E-state index is 12.2. The molecule has 0 spiro atoms. The summed E-state index contributed by atoms with van der Waals surface area (Å²) in [7, 11) is 1.56. The van der Waals surface area contributed by atoms with Gasteiger partial charge in [-0.3, -0.25) is 4.79 Å². The molecule has 0 aliphatic carbocycles. The van der Waals surface area contributed by atoms with Crippen molar-refractivity contribution >= 4 is 17.5 Å². The minimum atomic E-state index is -0.0983. The third-order valence-corrected chi connectivity index (χ3v) is 4.19. The van der Waals surface area contributed by atoms with E-state index in [0.717, 1.165) is 19.5 Å². The first-order valence-corrected chi connectivity index (χ1v) is 7.74. The predicted molar refractivity (Wildman–Crippen MR) is 85.2 cm³/mol. The van der Waals surface area contributed by atoms with Gasteiger partial charge >= 0.3 is 0 Å². The number of rotatable bonds is 5. The van der Waals surface area contributed by atoms with Crippen LogP contribution >= 0.6 is 11.6 Å². The fourth-order valence-corrected chi connectivity index (χ4v) is 2.87. The van der Waals surface area contributed by atoms with Crippen LogP contribution in [0.15, 0.2) is 18.2 Å². The molecule has 0 radical (unpaired) electrons. The Morgan fingerprint density at radius 3 is 2.86 bits per heavy atom. The predicted octanol–water partition coefficient (Wildman–Crippen LogP) is 2.81. The molecule has 1 aromatic carbocycles. The molecule has 21 heavy (non-hydrogen) atoms. The van der Waals surface area contributed by atoms with Crippen molar-refractivity contribution in [3.63, 3.8) is 0 Å². The second kappa shape index (κ2) is 7.14. The van der Waals surface area contributed by atoms with E-state index in [1.807, 2.05) is 0 Å². The topological polar surface area (TPSA) is 41.6 Å². The molecule has 1 saturated heterocycles. The monoisotopic (exact) mass is 310 g/mol. The van der Waals surface area contributed by atoms with Gasteiger partial charge in [0.25, 0.3) is 5.91 Å². The van der Waals surface area contributed by atoms with Gasteiger partial charge in [-0.05, 0) is 50.9 Å². The summed E-state index contributed by atoms with van der Waals surface area (Å²) in [5, 5.41) is 3.50. The summed E-state index contributed by atoms with van der Waals surface area (Å²) in [6.07, 6.45) is 1.14. The molecule has 2 rings (SSSR count). The van der Waals surface area contributed by atoms with Crippen molar-refractivity contribution in [3.8, 4) is 5.75 Å². The number of carbonyl (C=O) groups is 1. The lowest BCUT2D eigenvalue weighted by Crippen LogP contribution is -2.33. The first-order valence-electron chi connectivity index (χ1n) is 7.36. The number of benzene rings is 1. The molecule has 1 fully saturated rings. The molecule has 4 nitrogen and oxygen atoms in total. The zero-order chi connectivity index (χ0) is 15.4. The van der Waals surface area contributed by atoms with Crippen LogP contribution in [-0.2, 0) is 0 Å². The fourth-order valence-electron chi connectivity index (χ4n) is 2.65. The van der Waals surface area contributed by atoms with Crippen LogP contribution in [0.5, 0.6) is 5.75 Å². The van der Waals surface area contributed by atoms with Crippen LogP contribution in [0.25, 0.3) is 0 Å². The van der Waals surface area contributed by atoms with E-state index < -0.39 is 0 Å². The second-order valence-corrected chi connectivity index (χ2v) is 6.27. The number of ether oxygens (including phenoxy) is 1. The molecule has 0 saturated carbocycles. The van der Waals surface area contributed by atoms with Gasteiger partial charge in [-0.25, -0.2) is 0 Å². The number of methoxy groups -OCH3 is 1. The molecular formula is C16H23ClN2O2. The van der Waals surface area contributed by atoms with Crippen molar-refractivity contribution in [3.05, 3.63) is 28.8 Å². The highest BCUT2D eigenvalue weighted by molar-refractivity contribution is 6.31. The fraction of sp³-hybridized carbons (Fsp3) is 0.562. The Balaban J connectivity index is 1.89. The third-order valence-electron chi connectivity index (χ3n) is 3.97. The first kappa shape index (κ1) is 16.1. The lowest BCUT2D eigenvalue weighted by atomic mass is 10.1. The first-order chi connectivity index (χ1) is 9.99. The van der Waals surface area contributed by atoms with Crippen molar-refractivity contribution in [1.29, 1.82) is 0 Å². The number of hydrogen-bond donors (Lipinski definition) is 1. The summed E-state index contributed by atoms with van der Waals surface area (Å²) in [6, 6.07) is 5.63. The van der Waals surface area contributed by atoms with E-state index in [9.17, 15) is 4.79 Å². The Kier molecular flexibility index (Phi) is 5.48. The average Bonchev–Trinajstić information content (AvgIpc) is 2.93. The molecule has 1 heterocycles. The van der Waals surface area contributed by atoms with Crippen LogP contribution in [0.2, 0.25) is 5.02 Å². The SMILES string of the molecule is COc1cc(Cl)cc(C(=O)NC[C@@H]2CCN(C(C)C)C2)c1. The van der Waals surface area contributed by atoms with E-state index in [0.29, 0.717) is 34.8 Å². The molecule has 1 atom stereocenters. The van der Waals surface area contributed by atoms with E-state index in [4.69, 9.17) is 16.3 Å².